The summed E-state index contributed by atoms with van der Waals surface area (Å²) < 4.78 is 11.5. The van der Waals surface area contributed by atoms with Crippen LogP contribution in [0.2, 0.25) is 13.1 Å². The number of rotatable bonds is 8. The summed E-state index contributed by atoms with van der Waals surface area (Å²) in [6, 6.07) is 0. The van der Waals surface area contributed by atoms with Gasteiger partial charge in [-0.1, -0.05) is 26.7 Å². The molecule has 0 rings (SSSR count). The quantitative estimate of drug-likeness (QED) is 0.310. The van der Waals surface area contributed by atoms with E-state index in [1.165, 1.54) is 12.8 Å². The van der Waals surface area contributed by atoms with Crippen molar-refractivity contribution in [3.63, 3.8) is 0 Å². The predicted molar refractivity (Wildman–Crippen MR) is 67.6 cm³/mol. The van der Waals surface area contributed by atoms with E-state index in [4.69, 9.17) is 19.1 Å². The van der Waals surface area contributed by atoms with Gasteiger partial charge in [-0.05, 0) is 25.9 Å². The first-order valence-corrected chi connectivity index (χ1v) is 8.67. The van der Waals surface area contributed by atoms with Gasteiger partial charge in [0.1, 0.15) is 0 Å². The summed E-state index contributed by atoms with van der Waals surface area (Å²) in [4.78, 5) is 8.35. The van der Waals surface area contributed by atoms with Gasteiger partial charge in [-0.15, -0.1) is 0 Å². The van der Waals surface area contributed by atoms with Crippen LogP contribution in [0.1, 0.15) is 39.5 Å². The summed E-state index contributed by atoms with van der Waals surface area (Å²) in [7, 11) is -1.78. The lowest BCUT2D eigenvalue weighted by Crippen LogP contribution is -2.35. The van der Waals surface area contributed by atoms with Gasteiger partial charge < -0.3 is 8.85 Å². The van der Waals surface area contributed by atoms with Crippen molar-refractivity contribution in [3.8, 4) is 0 Å². The van der Waals surface area contributed by atoms with Crippen LogP contribution in [-0.2, 0) is 13.6 Å². The van der Waals surface area contributed by atoms with Gasteiger partial charge in [-0.25, -0.2) is 10.2 Å². The number of hydrogen-bond donors (Lipinski definition) is 1. The lowest BCUT2D eigenvalue weighted by atomic mass is 10.4. The largest absolute Gasteiger partial charge is 0.395 e. The van der Waals surface area contributed by atoms with Gasteiger partial charge in [0, 0.05) is 13.2 Å². The molecule has 1 N–H and O–H groups in total. The van der Waals surface area contributed by atoms with E-state index in [0.717, 1.165) is 32.1 Å². The standard InChI is InChI=1S/C10H24O2Si.CHNO/c1-5-7-9-11-13(3,4)12-10-8-6-2;2-1-3/h5-10H2,1-4H3;2H. The zero-order valence-corrected chi connectivity index (χ0v) is 12.0. The Morgan fingerprint density at radius 1 is 1.06 bits per heavy atom. The maximum atomic E-state index is 8.35. The molecule has 0 aromatic heterocycles. The van der Waals surface area contributed by atoms with Crippen LogP contribution in [0.15, 0.2) is 0 Å². The molecule has 0 aromatic rings. The fourth-order valence-corrected chi connectivity index (χ4v) is 2.32. The molecular formula is C11H25NO3Si. The lowest BCUT2D eigenvalue weighted by Gasteiger charge is -2.22. The van der Waals surface area contributed by atoms with Crippen LogP contribution >= 0.6 is 0 Å². The Kier molecular flexibility index (Phi) is 14.1. The number of carbonyl (C=O) groups excluding carboxylic acids is 1. The van der Waals surface area contributed by atoms with Crippen LogP contribution in [0.3, 0.4) is 0 Å². The van der Waals surface area contributed by atoms with E-state index in [-0.39, 0.29) is 0 Å². The number of unbranched alkanes of at least 4 members (excludes halogenated alkanes) is 2. The van der Waals surface area contributed by atoms with Crippen LogP contribution < -0.4 is 0 Å². The second kappa shape index (κ2) is 12.6. The van der Waals surface area contributed by atoms with E-state index in [1.54, 1.807) is 0 Å². The third kappa shape index (κ3) is 16.0. The smallest absolute Gasteiger partial charge is 0.331 e. The van der Waals surface area contributed by atoms with E-state index in [1.807, 2.05) is 0 Å². The van der Waals surface area contributed by atoms with Gasteiger partial charge in [0.05, 0.1) is 0 Å². The third-order valence-electron chi connectivity index (χ3n) is 1.90. The van der Waals surface area contributed by atoms with Gasteiger partial charge in [-0.3, -0.25) is 0 Å². The molecule has 0 aliphatic heterocycles. The highest BCUT2D eigenvalue weighted by atomic mass is 28.4. The van der Waals surface area contributed by atoms with Crippen molar-refractivity contribution in [2.75, 3.05) is 13.2 Å². The molecule has 0 aromatic carbocycles. The monoisotopic (exact) mass is 247 g/mol. The molecule has 0 bridgehead atoms. The highest BCUT2D eigenvalue weighted by molar-refractivity contribution is 6.64. The van der Waals surface area contributed by atoms with E-state index in [0.29, 0.717) is 0 Å². The molecule has 16 heavy (non-hydrogen) atoms. The minimum atomic E-state index is -1.78. The summed E-state index contributed by atoms with van der Waals surface area (Å²) in [5.74, 6) is 0. The van der Waals surface area contributed by atoms with E-state index >= 15 is 0 Å². The Labute approximate surface area is 100 Å². The van der Waals surface area contributed by atoms with Crippen molar-refractivity contribution in [2.24, 2.45) is 0 Å². The van der Waals surface area contributed by atoms with E-state index < -0.39 is 8.56 Å². The van der Waals surface area contributed by atoms with Crippen molar-refractivity contribution in [1.29, 1.82) is 5.41 Å². The Hall–Kier alpha value is -0.483. The molecule has 5 heteroatoms. The minimum Gasteiger partial charge on any atom is -0.395 e. The molecule has 0 aliphatic carbocycles. The molecular weight excluding hydrogens is 222 g/mol. The fourth-order valence-electron chi connectivity index (χ4n) is 0.966. The average Bonchev–Trinajstić information content (AvgIpc) is 2.19. The fraction of sp³-hybridized carbons (Fsp3) is 0.909. The maximum Gasteiger partial charge on any atom is 0.331 e. The van der Waals surface area contributed by atoms with Gasteiger partial charge >= 0.3 is 8.56 Å². The van der Waals surface area contributed by atoms with Crippen LogP contribution in [0.25, 0.3) is 0 Å². The molecule has 0 radical (unpaired) electrons. The van der Waals surface area contributed by atoms with Crippen LogP contribution in [0, 0.1) is 5.41 Å². The van der Waals surface area contributed by atoms with Crippen molar-refractivity contribution in [3.05, 3.63) is 0 Å². The maximum absolute atomic E-state index is 8.35. The van der Waals surface area contributed by atoms with Crippen molar-refractivity contribution in [2.45, 2.75) is 52.6 Å². The van der Waals surface area contributed by atoms with Crippen molar-refractivity contribution >= 4 is 14.6 Å². The molecule has 0 spiro atoms. The Bertz CT molecular complexity index is 168. The summed E-state index contributed by atoms with van der Waals surface area (Å²) >= 11 is 0. The molecule has 0 saturated heterocycles. The first-order valence-electron chi connectivity index (χ1n) is 5.85. The lowest BCUT2D eigenvalue weighted by molar-refractivity contribution is 0.175. The summed E-state index contributed by atoms with van der Waals surface area (Å²) in [5.41, 5.74) is 0. The normalized spacial score (nSPS) is 10.2. The Balaban J connectivity index is 0. The first-order chi connectivity index (χ1) is 7.54. The average molecular weight is 247 g/mol. The van der Waals surface area contributed by atoms with Gasteiger partial charge in [0.25, 0.3) is 0 Å². The molecule has 0 unspecified atom stereocenters. The molecule has 4 nitrogen and oxygen atoms in total. The molecule has 96 valence electrons. The zero-order valence-electron chi connectivity index (χ0n) is 11.0. The van der Waals surface area contributed by atoms with Crippen LogP contribution in [0.5, 0.6) is 0 Å². The second-order valence-electron chi connectivity index (χ2n) is 3.91. The highest BCUT2D eigenvalue weighted by Gasteiger charge is 2.23. The predicted octanol–water partition coefficient (Wildman–Crippen LogP) is 3.22. The number of isocyanates is 1. The number of hydrogen-bond acceptors (Lipinski definition) is 4. The SMILES string of the molecule is CCCCO[Si](C)(C)OCCCC.N=C=O. The van der Waals surface area contributed by atoms with E-state index in [9.17, 15) is 0 Å². The second-order valence-corrected chi connectivity index (χ2v) is 7.28. The Morgan fingerprint density at radius 2 is 1.38 bits per heavy atom. The van der Waals surface area contributed by atoms with Crippen LogP contribution in [0.4, 0.5) is 0 Å². The van der Waals surface area contributed by atoms with Crippen molar-refractivity contribution in [1.82, 2.24) is 0 Å². The number of nitrogens with one attached hydrogen (secondary N) is 1. The van der Waals surface area contributed by atoms with Crippen LogP contribution in [-0.4, -0.2) is 27.9 Å². The molecule has 0 fully saturated rings. The third-order valence-corrected chi connectivity index (χ3v) is 3.69. The summed E-state index contributed by atoms with van der Waals surface area (Å²) in [6.45, 7) is 10.3. The summed E-state index contributed by atoms with van der Waals surface area (Å²) in [5, 5.41) is 5.40. The zero-order chi connectivity index (χ0) is 12.9. The molecule has 0 saturated carbocycles. The Morgan fingerprint density at radius 3 is 1.62 bits per heavy atom. The summed E-state index contributed by atoms with van der Waals surface area (Å²) in [6.07, 6.45) is 5.43. The molecule has 0 atom stereocenters. The molecule has 0 heterocycles. The van der Waals surface area contributed by atoms with E-state index in [2.05, 4.69) is 26.9 Å². The molecule has 0 amide bonds. The molecule has 0 aliphatic rings. The minimum absolute atomic E-state index is 0.750. The van der Waals surface area contributed by atoms with Gasteiger partial charge in [-0.2, -0.15) is 0 Å². The first kappa shape index (κ1) is 17.9. The van der Waals surface area contributed by atoms with Crippen molar-refractivity contribution < 1.29 is 13.6 Å². The topological polar surface area (TPSA) is 59.4 Å². The highest BCUT2D eigenvalue weighted by Crippen LogP contribution is 2.08. The van der Waals surface area contributed by atoms with Gasteiger partial charge in [0.15, 0.2) is 0 Å². The van der Waals surface area contributed by atoms with Gasteiger partial charge in [0.2, 0.25) is 6.08 Å².